The molecule has 0 saturated heterocycles. The van der Waals surface area contributed by atoms with Crippen molar-refractivity contribution in [2.24, 2.45) is 0 Å². The van der Waals surface area contributed by atoms with Crippen molar-refractivity contribution in [3.05, 3.63) is 99.3 Å². The van der Waals surface area contributed by atoms with Crippen LogP contribution >= 0.6 is 15.9 Å². The molecule has 5 rings (SSSR count). The maximum atomic E-state index is 11.4. The largest absolute Gasteiger partial charge is 0.488 e. The third kappa shape index (κ3) is 7.29. The van der Waals surface area contributed by atoms with E-state index in [1.807, 2.05) is 37.3 Å². The highest BCUT2D eigenvalue weighted by Gasteiger charge is 2.19. The van der Waals surface area contributed by atoms with Crippen LogP contribution in [0.1, 0.15) is 27.8 Å². The highest BCUT2D eigenvalue weighted by atomic mass is 79.9. The van der Waals surface area contributed by atoms with Gasteiger partial charge in [-0.1, -0.05) is 24.3 Å². The number of nitrogens with one attached hydrogen (secondary N) is 1. The molecule has 0 unspecified atom stereocenters. The number of aromatic nitrogens is 1. The average molecular weight is 661 g/mol. The molecule has 0 bridgehead atoms. The minimum Gasteiger partial charge on any atom is -0.488 e. The maximum Gasteiger partial charge on any atom is 0.323 e. The number of aliphatic carboxylic acids is 1. The van der Waals surface area contributed by atoms with E-state index < -0.39 is 18.6 Å². The zero-order valence-corrected chi connectivity index (χ0v) is 25.5. The summed E-state index contributed by atoms with van der Waals surface area (Å²) in [5.41, 5.74) is 5.87. The van der Waals surface area contributed by atoms with Gasteiger partial charge in [0, 0.05) is 36.1 Å². The molecule has 1 aliphatic rings. The van der Waals surface area contributed by atoms with Gasteiger partial charge in [0.1, 0.15) is 50.0 Å². The molecule has 3 aromatic carbocycles. The Balaban J connectivity index is 1.37. The van der Waals surface area contributed by atoms with Crippen LogP contribution in [0.3, 0.4) is 0 Å². The summed E-state index contributed by atoms with van der Waals surface area (Å²) >= 11 is 3.58. The number of rotatable bonds is 12. The second-order valence-electron chi connectivity index (χ2n) is 10.1. The molecule has 0 amide bonds. The molecule has 1 aromatic heterocycles. The van der Waals surface area contributed by atoms with E-state index in [9.17, 15) is 20.3 Å². The van der Waals surface area contributed by atoms with Gasteiger partial charge in [-0.05, 0) is 69.4 Å². The molecule has 226 valence electrons. The Morgan fingerprint density at radius 3 is 2.61 bits per heavy atom. The van der Waals surface area contributed by atoms with Crippen LogP contribution < -0.4 is 24.3 Å². The van der Waals surface area contributed by atoms with E-state index >= 15 is 0 Å². The van der Waals surface area contributed by atoms with Gasteiger partial charge in [0.25, 0.3) is 0 Å². The zero-order valence-electron chi connectivity index (χ0n) is 23.9. The number of benzene rings is 3. The lowest BCUT2D eigenvalue weighted by Crippen LogP contribution is -2.39. The molecule has 2 heterocycles. The fourth-order valence-corrected chi connectivity index (χ4v) is 5.24. The molecule has 11 heteroatoms. The second kappa shape index (κ2) is 14.2. The van der Waals surface area contributed by atoms with Crippen LogP contribution in [0, 0.1) is 18.3 Å². The number of aliphatic hydroxyl groups excluding tert-OH is 1. The number of hydrogen-bond donors (Lipinski definition) is 3. The molecule has 4 aromatic rings. The zero-order chi connectivity index (χ0) is 31.1. The first-order valence-corrected chi connectivity index (χ1v) is 14.6. The molecular formula is C33H30BrN3O7. The van der Waals surface area contributed by atoms with Gasteiger partial charge in [0.2, 0.25) is 0 Å². The standard InChI is InChI=1S/C33H30BrN3O7/c1-20-24(3-2-4-26(20)23-5-6-29-32(11-23)42-8-7-41-29)19-44-31-12-30(43-18-22-9-21(13-35)14-36-15-22)25(10-27(31)34)16-37-28(17-38)33(39)40/h2-6,9-12,14-15,28,37-38H,7-8,16-19H2,1H3,(H,39,40)/t28-/m0/s1. The second-order valence-corrected chi connectivity index (χ2v) is 10.9. The molecule has 0 aliphatic carbocycles. The molecular weight excluding hydrogens is 630 g/mol. The number of carbonyl (C=O) groups is 1. The van der Waals surface area contributed by atoms with Gasteiger partial charge < -0.3 is 29.2 Å². The topological polar surface area (TPSA) is 143 Å². The number of halogens is 1. The van der Waals surface area contributed by atoms with E-state index in [2.05, 4.69) is 38.4 Å². The van der Waals surface area contributed by atoms with Crippen molar-refractivity contribution in [3.63, 3.8) is 0 Å². The van der Waals surface area contributed by atoms with Crippen molar-refractivity contribution >= 4 is 21.9 Å². The SMILES string of the molecule is Cc1c(COc2cc(OCc3cncc(C#N)c3)c(CN[C@@H](CO)C(=O)O)cc2Br)cccc1-c1ccc2c(c1)OCCO2. The van der Waals surface area contributed by atoms with Gasteiger partial charge in [-0.3, -0.25) is 15.1 Å². The first kappa shape index (κ1) is 30.8. The Morgan fingerprint density at radius 1 is 1.05 bits per heavy atom. The van der Waals surface area contributed by atoms with Crippen LogP contribution in [0.15, 0.2) is 71.5 Å². The number of carboxylic acid groups (broad SMARTS) is 1. The molecule has 44 heavy (non-hydrogen) atoms. The van der Waals surface area contributed by atoms with E-state index in [0.29, 0.717) is 45.9 Å². The number of carboxylic acids is 1. The Labute approximate surface area is 262 Å². The van der Waals surface area contributed by atoms with Crippen molar-refractivity contribution in [1.82, 2.24) is 10.3 Å². The lowest BCUT2D eigenvalue weighted by atomic mass is 9.96. The van der Waals surface area contributed by atoms with E-state index in [-0.39, 0.29) is 19.8 Å². The Hall–Kier alpha value is -4.63. The third-order valence-electron chi connectivity index (χ3n) is 7.14. The normalized spacial score (nSPS) is 12.7. The highest BCUT2D eigenvalue weighted by Crippen LogP contribution is 2.37. The van der Waals surface area contributed by atoms with Crippen LogP contribution in [0.4, 0.5) is 0 Å². The predicted octanol–water partition coefficient (Wildman–Crippen LogP) is 5.16. The van der Waals surface area contributed by atoms with Crippen molar-refractivity contribution in [2.45, 2.75) is 32.7 Å². The van der Waals surface area contributed by atoms with Crippen molar-refractivity contribution in [2.75, 3.05) is 19.8 Å². The van der Waals surface area contributed by atoms with Gasteiger partial charge in [-0.2, -0.15) is 5.26 Å². The van der Waals surface area contributed by atoms with Crippen molar-refractivity contribution in [3.8, 4) is 40.2 Å². The van der Waals surface area contributed by atoms with Gasteiger partial charge in [-0.15, -0.1) is 0 Å². The van der Waals surface area contributed by atoms with Crippen LogP contribution in [-0.2, 0) is 24.6 Å². The van der Waals surface area contributed by atoms with E-state index in [1.165, 1.54) is 6.20 Å². The lowest BCUT2D eigenvalue weighted by molar-refractivity contribution is -0.140. The minimum atomic E-state index is -1.16. The Bertz CT molecular complexity index is 1710. The quantitative estimate of drug-likeness (QED) is 0.187. The Morgan fingerprint density at radius 2 is 1.84 bits per heavy atom. The lowest BCUT2D eigenvalue weighted by Gasteiger charge is -2.20. The Kier molecular flexibility index (Phi) is 9.96. The molecule has 3 N–H and O–H groups in total. The predicted molar refractivity (Wildman–Crippen MR) is 165 cm³/mol. The summed E-state index contributed by atoms with van der Waals surface area (Å²) in [6, 6.07) is 18.1. The summed E-state index contributed by atoms with van der Waals surface area (Å²) in [6.07, 6.45) is 3.08. The van der Waals surface area contributed by atoms with Crippen LogP contribution in [0.25, 0.3) is 11.1 Å². The number of aliphatic hydroxyl groups is 1. The van der Waals surface area contributed by atoms with Gasteiger partial charge in [0.05, 0.1) is 16.6 Å². The minimum absolute atomic E-state index is 0.110. The summed E-state index contributed by atoms with van der Waals surface area (Å²) in [5, 5.41) is 30.8. The summed E-state index contributed by atoms with van der Waals surface area (Å²) in [7, 11) is 0. The van der Waals surface area contributed by atoms with Crippen LogP contribution in [-0.4, -0.2) is 47.0 Å². The monoisotopic (exact) mass is 659 g/mol. The molecule has 1 aliphatic heterocycles. The van der Waals surface area contributed by atoms with Gasteiger partial charge in [0.15, 0.2) is 11.5 Å². The highest BCUT2D eigenvalue weighted by molar-refractivity contribution is 9.10. The fourth-order valence-electron chi connectivity index (χ4n) is 4.73. The average Bonchev–Trinajstić information content (AvgIpc) is 3.04. The number of nitriles is 1. The smallest absolute Gasteiger partial charge is 0.323 e. The molecule has 0 fully saturated rings. The fraction of sp³-hybridized carbons (Fsp3) is 0.242. The number of nitrogens with zero attached hydrogens (tertiary/aromatic N) is 2. The number of fused-ring (bicyclic) bond motifs is 1. The summed E-state index contributed by atoms with van der Waals surface area (Å²) in [6.45, 7) is 3.05. The summed E-state index contributed by atoms with van der Waals surface area (Å²) in [4.78, 5) is 15.5. The third-order valence-corrected chi connectivity index (χ3v) is 7.75. The number of hydrogen-bond acceptors (Lipinski definition) is 9. The van der Waals surface area contributed by atoms with E-state index in [1.54, 1.807) is 24.4 Å². The van der Waals surface area contributed by atoms with Gasteiger partial charge in [-0.25, -0.2) is 0 Å². The summed E-state index contributed by atoms with van der Waals surface area (Å²) < 4.78 is 24.5. The van der Waals surface area contributed by atoms with Crippen LogP contribution in [0.5, 0.6) is 23.0 Å². The van der Waals surface area contributed by atoms with Crippen molar-refractivity contribution < 1.29 is 34.0 Å². The molecule has 0 radical (unpaired) electrons. The van der Waals surface area contributed by atoms with E-state index in [4.69, 9.17) is 18.9 Å². The first-order chi connectivity index (χ1) is 21.4. The van der Waals surface area contributed by atoms with Crippen molar-refractivity contribution in [1.29, 1.82) is 5.26 Å². The summed E-state index contributed by atoms with van der Waals surface area (Å²) in [5.74, 6) is 1.27. The number of pyridine rings is 1. The molecule has 1 atom stereocenters. The maximum absolute atomic E-state index is 11.4. The molecule has 0 saturated carbocycles. The van der Waals surface area contributed by atoms with Crippen LogP contribution in [0.2, 0.25) is 0 Å². The van der Waals surface area contributed by atoms with Gasteiger partial charge >= 0.3 is 5.97 Å². The number of ether oxygens (including phenoxy) is 4. The van der Waals surface area contributed by atoms with E-state index in [0.717, 1.165) is 33.8 Å². The first-order valence-electron chi connectivity index (χ1n) is 13.8. The molecule has 0 spiro atoms. The molecule has 10 nitrogen and oxygen atoms in total.